The van der Waals surface area contributed by atoms with E-state index < -0.39 is 0 Å². The van der Waals surface area contributed by atoms with Crippen molar-refractivity contribution in [2.45, 2.75) is 26.7 Å². The highest BCUT2D eigenvalue weighted by Crippen LogP contribution is 2.30. The van der Waals surface area contributed by atoms with E-state index in [0.717, 1.165) is 15.6 Å². The maximum absolute atomic E-state index is 11.1. The van der Waals surface area contributed by atoms with E-state index in [9.17, 15) is 10.1 Å². The molecule has 1 aliphatic rings. The fourth-order valence-corrected chi connectivity index (χ4v) is 2.27. The van der Waals surface area contributed by atoms with Crippen LogP contribution in [0, 0.1) is 10.1 Å². The van der Waals surface area contributed by atoms with Crippen molar-refractivity contribution in [1.82, 2.24) is 0 Å². The first-order valence-corrected chi connectivity index (χ1v) is 6.02. The molecule has 0 spiro atoms. The molecule has 1 rings (SSSR count). The maximum Gasteiger partial charge on any atom is 0.276 e. The molecule has 0 bridgehead atoms. The number of hydrogen-bond acceptors (Lipinski definition) is 2. The second kappa shape index (κ2) is 5.80. The van der Waals surface area contributed by atoms with Crippen LogP contribution in [-0.2, 0) is 0 Å². The van der Waals surface area contributed by atoms with Crippen molar-refractivity contribution >= 4 is 15.9 Å². The van der Waals surface area contributed by atoms with Gasteiger partial charge < -0.3 is 0 Å². The van der Waals surface area contributed by atoms with Crippen LogP contribution in [-0.4, -0.2) is 4.92 Å². The van der Waals surface area contributed by atoms with E-state index in [1.165, 1.54) is 0 Å². The van der Waals surface area contributed by atoms with E-state index in [-0.39, 0.29) is 10.6 Å². The lowest BCUT2D eigenvalue weighted by molar-refractivity contribution is -0.422. The fraction of sp³-hybridized carbons (Fsp3) is 0.333. The van der Waals surface area contributed by atoms with Crippen molar-refractivity contribution < 1.29 is 4.92 Å². The Balaban J connectivity index is 3.42. The van der Waals surface area contributed by atoms with Gasteiger partial charge in [0.05, 0.1) is 4.92 Å². The molecule has 86 valence electrons. The minimum Gasteiger partial charge on any atom is -0.258 e. The highest BCUT2D eigenvalue weighted by Gasteiger charge is 2.23. The molecule has 0 aromatic rings. The molecule has 1 aliphatic carbocycles. The van der Waals surface area contributed by atoms with Crippen LogP contribution in [0.5, 0.6) is 0 Å². The molecule has 0 aromatic carbocycles. The van der Waals surface area contributed by atoms with Crippen LogP contribution in [0.4, 0.5) is 0 Å². The minimum absolute atomic E-state index is 0.234. The average Bonchev–Trinajstić information content (AvgIpc) is 2.23. The summed E-state index contributed by atoms with van der Waals surface area (Å²) in [5.74, 6) is 0. The van der Waals surface area contributed by atoms with Gasteiger partial charge in [-0.05, 0) is 18.9 Å². The third-order valence-corrected chi connectivity index (χ3v) is 3.19. The molecule has 0 heterocycles. The lowest BCUT2D eigenvalue weighted by Crippen LogP contribution is -2.07. The van der Waals surface area contributed by atoms with Crippen LogP contribution in [0.1, 0.15) is 26.7 Å². The highest BCUT2D eigenvalue weighted by atomic mass is 79.9. The normalized spacial score (nSPS) is 29.4. The quantitative estimate of drug-likeness (QED) is 0.578. The summed E-state index contributed by atoms with van der Waals surface area (Å²) < 4.78 is 0.789. The Bertz CT molecular complexity index is 417. The summed E-state index contributed by atoms with van der Waals surface area (Å²) in [4.78, 5) is 10.8. The lowest BCUT2D eigenvalue weighted by Gasteiger charge is -2.09. The van der Waals surface area contributed by atoms with Gasteiger partial charge in [-0.25, -0.2) is 0 Å². The van der Waals surface area contributed by atoms with E-state index in [1.54, 1.807) is 0 Å². The monoisotopic (exact) mass is 283 g/mol. The number of hydrogen-bond donors (Lipinski definition) is 0. The molecule has 3 nitrogen and oxygen atoms in total. The van der Waals surface area contributed by atoms with Crippen LogP contribution in [0.2, 0.25) is 0 Å². The summed E-state index contributed by atoms with van der Waals surface area (Å²) in [7, 11) is 0. The van der Waals surface area contributed by atoms with Crippen molar-refractivity contribution in [2.75, 3.05) is 0 Å². The van der Waals surface area contributed by atoms with Gasteiger partial charge in [0.1, 0.15) is 0 Å². The van der Waals surface area contributed by atoms with Crippen molar-refractivity contribution in [3.05, 3.63) is 55.7 Å². The summed E-state index contributed by atoms with van der Waals surface area (Å²) in [5.41, 5.74) is 1.75. The Morgan fingerprint density at radius 2 is 1.88 bits per heavy atom. The number of nitro groups is 1. The maximum atomic E-state index is 11.1. The van der Waals surface area contributed by atoms with E-state index in [2.05, 4.69) is 15.9 Å². The number of halogens is 1. The van der Waals surface area contributed by atoms with Crippen molar-refractivity contribution in [2.24, 2.45) is 0 Å². The molecule has 0 radical (unpaired) electrons. The summed E-state index contributed by atoms with van der Waals surface area (Å²) >= 11 is 3.39. The molecule has 0 unspecified atom stereocenters. The van der Waals surface area contributed by atoms with Gasteiger partial charge >= 0.3 is 0 Å². The molecule has 16 heavy (non-hydrogen) atoms. The standard InChI is InChI=1S/C12H14BrNO2/c1-3-9-7-5-6-8-11(13)10(4-2)12(9)14(15)16/h5-8H,3-4H2,1-2H3/b6-5+,7-5?,8-6?,9-7+,11-8+,11-10?,12-9?,12-10+. The third-order valence-electron chi connectivity index (χ3n) is 2.45. The molecule has 0 saturated heterocycles. The Morgan fingerprint density at radius 3 is 2.38 bits per heavy atom. The van der Waals surface area contributed by atoms with Crippen molar-refractivity contribution in [3.8, 4) is 0 Å². The van der Waals surface area contributed by atoms with Crippen LogP contribution >= 0.6 is 15.9 Å². The van der Waals surface area contributed by atoms with E-state index in [0.29, 0.717) is 12.8 Å². The molecule has 0 N–H and O–H groups in total. The topological polar surface area (TPSA) is 43.1 Å². The third kappa shape index (κ3) is 2.70. The predicted molar refractivity (Wildman–Crippen MR) is 68.8 cm³/mol. The molecule has 4 heteroatoms. The molecular weight excluding hydrogens is 270 g/mol. The zero-order chi connectivity index (χ0) is 12.1. The SMILES string of the molecule is CCC1=C\C=C\C=C(Br)/C(CC)=C\1[N+](=O)[O-]. The van der Waals surface area contributed by atoms with Gasteiger partial charge in [-0.1, -0.05) is 48.0 Å². The van der Waals surface area contributed by atoms with Gasteiger partial charge in [0, 0.05) is 15.6 Å². The van der Waals surface area contributed by atoms with Gasteiger partial charge in [-0.2, -0.15) is 0 Å². The second-order valence-electron chi connectivity index (χ2n) is 3.38. The molecule has 0 aromatic heterocycles. The first-order valence-electron chi connectivity index (χ1n) is 5.23. The Hall–Kier alpha value is -1.16. The Morgan fingerprint density at radius 1 is 1.25 bits per heavy atom. The Labute approximate surface area is 104 Å². The predicted octanol–water partition coefficient (Wildman–Crippen LogP) is 4.11. The van der Waals surface area contributed by atoms with Gasteiger partial charge in [0.15, 0.2) is 0 Å². The first-order chi connectivity index (χ1) is 7.61. The summed E-state index contributed by atoms with van der Waals surface area (Å²) in [5, 5.41) is 11.1. The molecule has 0 atom stereocenters. The van der Waals surface area contributed by atoms with Gasteiger partial charge in [-0.3, -0.25) is 10.1 Å². The molecular formula is C12H14BrNO2. The fourth-order valence-electron chi connectivity index (χ4n) is 1.65. The van der Waals surface area contributed by atoms with E-state index in [1.807, 2.05) is 38.2 Å². The number of rotatable bonds is 3. The molecule has 0 aliphatic heterocycles. The van der Waals surface area contributed by atoms with Crippen LogP contribution < -0.4 is 0 Å². The van der Waals surface area contributed by atoms with Crippen molar-refractivity contribution in [3.63, 3.8) is 0 Å². The zero-order valence-electron chi connectivity index (χ0n) is 9.37. The van der Waals surface area contributed by atoms with E-state index >= 15 is 0 Å². The molecule has 0 amide bonds. The second-order valence-corrected chi connectivity index (χ2v) is 4.24. The van der Waals surface area contributed by atoms with Gasteiger partial charge in [0.25, 0.3) is 5.70 Å². The number of nitrogens with zero attached hydrogens (tertiary/aromatic N) is 1. The smallest absolute Gasteiger partial charge is 0.258 e. The summed E-state index contributed by atoms with van der Waals surface area (Å²) in [6, 6.07) is 0. The summed E-state index contributed by atoms with van der Waals surface area (Å²) in [6.07, 6.45) is 8.65. The Kier molecular flexibility index (Phi) is 4.68. The van der Waals surface area contributed by atoms with Crippen LogP contribution in [0.15, 0.2) is 45.6 Å². The average molecular weight is 284 g/mol. The van der Waals surface area contributed by atoms with Crippen LogP contribution in [0.25, 0.3) is 0 Å². The highest BCUT2D eigenvalue weighted by molar-refractivity contribution is 9.12. The molecule has 0 saturated carbocycles. The van der Waals surface area contributed by atoms with Crippen LogP contribution in [0.3, 0.4) is 0 Å². The van der Waals surface area contributed by atoms with Crippen molar-refractivity contribution in [1.29, 1.82) is 0 Å². The van der Waals surface area contributed by atoms with E-state index in [4.69, 9.17) is 0 Å². The molecule has 0 fully saturated rings. The van der Waals surface area contributed by atoms with Gasteiger partial charge in [0.2, 0.25) is 0 Å². The number of allylic oxidation sites excluding steroid dienone is 7. The largest absolute Gasteiger partial charge is 0.276 e. The minimum atomic E-state index is -0.289. The zero-order valence-corrected chi connectivity index (χ0v) is 11.0. The first kappa shape index (κ1) is 12.9. The van der Waals surface area contributed by atoms with Gasteiger partial charge in [-0.15, -0.1) is 0 Å². The lowest BCUT2D eigenvalue weighted by atomic mass is 10.0. The summed E-state index contributed by atoms with van der Waals surface area (Å²) in [6.45, 7) is 3.85.